The van der Waals surface area contributed by atoms with Crippen LogP contribution in [-0.2, 0) is 0 Å². The summed E-state index contributed by atoms with van der Waals surface area (Å²) in [5.74, 6) is 0.743. The molecule has 14 heavy (non-hydrogen) atoms. The van der Waals surface area contributed by atoms with Crippen molar-refractivity contribution in [2.75, 3.05) is 32.8 Å². The molecule has 1 aliphatic rings. The molecular weight excluding hydrogens is 176 g/mol. The monoisotopic (exact) mass is 200 g/mol. The summed E-state index contributed by atoms with van der Waals surface area (Å²) in [6, 6.07) is 0. The minimum Gasteiger partial charge on any atom is -0.396 e. The molecule has 3 heteroatoms. The van der Waals surface area contributed by atoms with Gasteiger partial charge < -0.3 is 15.7 Å². The molecule has 1 heterocycles. The predicted molar refractivity (Wildman–Crippen MR) is 59.2 cm³/mol. The van der Waals surface area contributed by atoms with E-state index in [1.165, 1.54) is 45.3 Å². The molecule has 84 valence electrons. The third-order valence-corrected chi connectivity index (χ3v) is 3.09. The van der Waals surface area contributed by atoms with Crippen LogP contribution in [0.5, 0.6) is 0 Å². The standard InChI is InChI=1S/C11H24N2O/c12-9-11-5-7-13(10-11)6-3-1-2-4-8-14/h11,14H,1-10,12H2. The van der Waals surface area contributed by atoms with Gasteiger partial charge in [-0.1, -0.05) is 12.8 Å². The number of hydrogen-bond acceptors (Lipinski definition) is 3. The summed E-state index contributed by atoms with van der Waals surface area (Å²) >= 11 is 0. The molecule has 0 aromatic heterocycles. The minimum atomic E-state index is 0.346. The maximum atomic E-state index is 8.62. The third kappa shape index (κ3) is 4.40. The normalized spacial score (nSPS) is 23.1. The largest absolute Gasteiger partial charge is 0.396 e. The SMILES string of the molecule is NCC1CCN(CCCCCCO)C1. The second-order valence-electron chi connectivity index (χ2n) is 4.33. The zero-order valence-electron chi connectivity index (χ0n) is 9.12. The van der Waals surface area contributed by atoms with Crippen LogP contribution in [0.3, 0.4) is 0 Å². The summed E-state index contributed by atoms with van der Waals surface area (Å²) in [6.07, 6.45) is 5.95. The fourth-order valence-corrected chi connectivity index (χ4v) is 2.11. The Morgan fingerprint density at radius 3 is 2.64 bits per heavy atom. The van der Waals surface area contributed by atoms with E-state index in [1.807, 2.05) is 0 Å². The Labute approximate surface area is 87.3 Å². The molecule has 0 bridgehead atoms. The highest BCUT2D eigenvalue weighted by Crippen LogP contribution is 2.15. The van der Waals surface area contributed by atoms with Gasteiger partial charge >= 0.3 is 0 Å². The predicted octanol–water partition coefficient (Wildman–Crippen LogP) is 0.820. The molecular formula is C11H24N2O. The van der Waals surface area contributed by atoms with E-state index in [9.17, 15) is 0 Å². The van der Waals surface area contributed by atoms with E-state index in [0.29, 0.717) is 6.61 Å². The van der Waals surface area contributed by atoms with Crippen LogP contribution in [-0.4, -0.2) is 42.8 Å². The summed E-state index contributed by atoms with van der Waals surface area (Å²) in [7, 11) is 0. The zero-order chi connectivity index (χ0) is 10.2. The van der Waals surface area contributed by atoms with Crippen molar-refractivity contribution in [1.29, 1.82) is 0 Å². The van der Waals surface area contributed by atoms with E-state index in [2.05, 4.69) is 4.90 Å². The summed E-state index contributed by atoms with van der Waals surface area (Å²) in [6.45, 7) is 4.86. The van der Waals surface area contributed by atoms with Gasteiger partial charge in [-0.25, -0.2) is 0 Å². The first kappa shape index (κ1) is 12.0. The number of unbranched alkanes of at least 4 members (excludes halogenated alkanes) is 3. The number of nitrogens with zero attached hydrogens (tertiary/aromatic N) is 1. The van der Waals surface area contributed by atoms with E-state index >= 15 is 0 Å². The van der Waals surface area contributed by atoms with Gasteiger partial charge in [-0.15, -0.1) is 0 Å². The average molecular weight is 200 g/mol. The molecule has 0 saturated carbocycles. The second kappa shape index (κ2) is 7.21. The topological polar surface area (TPSA) is 49.5 Å². The molecule has 1 saturated heterocycles. The molecule has 0 aromatic rings. The van der Waals surface area contributed by atoms with Gasteiger partial charge in [0.1, 0.15) is 0 Å². The second-order valence-corrected chi connectivity index (χ2v) is 4.33. The lowest BCUT2D eigenvalue weighted by Crippen LogP contribution is -2.24. The van der Waals surface area contributed by atoms with Crippen molar-refractivity contribution in [2.24, 2.45) is 11.7 Å². The number of rotatable bonds is 7. The Morgan fingerprint density at radius 2 is 2.00 bits per heavy atom. The van der Waals surface area contributed by atoms with Crippen molar-refractivity contribution >= 4 is 0 Å². The van der Waals surface area contributed by atoms with E-state index in [1.54, 1.807) is 0 Å². The maximum Gasteiger partial charge on any atom is 0.0431 e. The fraction of sp³-hybridized carbons (Fsp3) is 1.00. The highest BCUT2D eigenvalue weighted by atomic mass is 16.2. The molecule has 1 unspecified atom stereocenters. The van der Waals surface area contributed by atoms with E-state index in [-0.39, 0.29) is 0 Å². The van der Waals surface area contributed by atoms with Gasteiger partial charge in [0, 0.05) is 13.2 Å². The molecule has 3 N–H and O–H groups in total. The number of aliphatic hydroxyl groups is 1. The molecule has 0 radical (unpaired) electrons. The number of hydrogen-bond donors (Lipinski definition) is 2. The smallest absolute Gasteiger partial charge is 0.0431 e. The van der Waals surface area contributed by atoms with Crippen LogP contribution in [0.2, 0.25) is 0 Å². The highest BCUT2D eigenvalue weighted by molar-refractivity contribution is 4.75. The maximum absolute atomic E-state index is 8.62. The molecule has 3 nitrogen and oxygen atoms in total. The van der Waals surface area contributed by atoms with Gasteiger partial charge in [0.25, 0.3) is 0 Å². The summed E-state index contributed by atoms with van der Waals surface area (Å²) in [5.41, 5.74) is 5.64. The van der Waals surface area contributed by atoms with E-state index < -0.39 is 0 Å². The van der Waals surface area contributed by atoms with Crippen molar-refractivity contribution in [3.63, 3.8) is 0 Å². The molecule has 1 aliphatic heterocycles. The number of likely N-dealkylation sites (tertiary alicyclic amines) is 1. The van der Waals surface area contributed by atoms with Gasteiger partial charge in [0.05, 0.1) is 0 Å². The van der Waals surface area contributed by atoms with Crippen LogP contribution in [0, 0.1) is 5.92 Å². The van der Waals surface area contributed by atoms with E-state index in [4.69, 9.17) is 10.8 Å². The number of aliphatic hydroxyl groups excluding tert-OH is 1. The molecule has 0 aliphatic carbocycles. The molecule has 1 atom stereocenters. The van der Waals surface area contributed by atoms with Crippen LogP contribution in [0.1, 0.15) is 32.1 Å². The Hall–Kier alpha value is -0.120. The van der Waals surface area contributed by atoms with Gasteiger partial charge in [-0.05, 0) is 44.8 Å². The average Bonchev–Trinajstić information content (AvgIpc) is 2.65. The lowest BCUT2D eigenvalue weighted by molar-refractivity contribution is 0.277. The first-order valence-corrected chi connectivity index (χ1v) is 5.90. The Kier molecular flexibility index (Phi) is 6.15. The van der Waals surface area contributed by atoms with Crippen LogP contribution >= 0.6 is 0 Å². The summed E-state index contributed by atoms with van der Waals surface area (Å²) in [4.78, 5) is 2.52. The van der Waals surface area contributed by atoms with Crippen molar-refractivity contribution in [2.45, 2.75) is 32.1 Å². The van der Waals surface area contributed by atoms with Gasteiger partial charge in [-0.2, -0.15) is 0 Å². The third-order valence-electron chi connectivity index (χ3n) is 3.09. The Balaban J connectivity index is 1.92. The van der Waals surface area contributed by atoms with Crippen LogP contribution in [0.4, 0.5) is 0 Å². The zero-order valence-corrected chi connectivity index (χ0v) is 9.12. The quantitative estimate of drug-likeness (QED) is 0.598. The molecule has 1 fully saturated rings. The van der Waals surface area contributed by atoms with Gasteiger partial charge in [-0.3, -0.25) is 0 Å². The molecule has 0 aromatic carbocycles. The first-order valence-electron chi connectivity index (χ1n) is 5.90. The Bertz CT molecular complexity index is 141. The summed E-state index contributed by atoms with van der Waals surface area (Å²) < 4.78 is 0. The minimum absolute atomic E-state index is 0.346. The number of nitrogens with two attached hydrogens (primary N) is 1. The molecule has 0 amide bonds. The van der Waals surface area contributed by atoms with Crippen molar-refractivity contribution in [3.8, 4) is 0 Å². The lowest BCUT2D eigenvalue weighted by Gasteiger charge is -2.15. The van der Waals surface area contributed by atoms with Crippen molar-refractivity contribution < 1.29 is 5.11 Å². The van der Waals surface area contributed by atoms with Crippen molar-refractivity contribution in [1.82, 2.24) is 4.90 Å². The van der Waals surface area contributed by atoms with Gasteiger partial charge in [0.2, 0.25) is 0 Å². The fourth-order valence-electron chi connectivity index (χ4n) is 2.11. The van der Waals surface area contributed by atoms with Crippen LogP contribution in [0.15, 0.2) is 0 Å². The highest BCUT2D eigenvalue weighted by Gasteiger charge is 2.19. The van der Waals surface area contributed by atoms with Crippen LogP contribution in [0.25, 0.3) is 0 Å². The van der Waals surface area contributed by atoms with E-state index in [0.717, 1.165) is 18.9 Å². The summed E-state index contributed by atoms with van der Waals surface area (Å²) in [5, 5.41) is 8.62. The van der Waals surface area contributed by atoms with Crippen molar-refractivity contribution in [3.05, 3.63) is 0 Å². The van der Waals surface area contributed by atoms with Crippen LogP contribution < -0.4 is 5.73 Å². The first-order chi connectivity index (χ1) is 6.86. The molecule has 1 rings (SSSR count). The Morgan fingerprint density at radius 1 is 1.21 bits per heavy atom. The van der Waals surface area contributed by atoms with Gasteiger partial charge in [0.15, 0.2) is 0 Å². The molecule has 0 spiro atoms. The lowest BCUT2D eigenvalue weighted by atomic mass is 10.1.